The number of rotatable bonds is 7. The molecule has 0 spiro atoms. The first kappa shape index (κ1) is 21.6. The lowest BCUT2D eigenvalue weighted by molar-refractivity contribution is -0.116. The van der Waals surface area contributed by atoms with E-state index in [1.165, 1.54) is 11.4 Å². The first-order valence-electron chi connectivity index (χ1n) is 9.54. The minimum Gasteiger partial charge on any atom is -0.496 e. The maximum absolute atomic E-state index is 12.8. The summed E-state index contributed by atoms with van der Waals surface area (Å²) in [7, 11) is -1.99. The average Bonchev–Trinajstić information content (AvgIpc) is 3.24. The van der Waals surface area contributed by atoms with Crippen molar-refractivity contribution in [2.75, 3.05) is 25.5 Å². The molecule has 1 aliphatic heterocycles. The number of carbonyl (C=O) groups is 1. The number of anilines is 1. The van der Waals surface area contributed by atoms with Crippen LogP contribution in [0.15, 0.2) is 41.3 Å². The summed E-state index contributed by atoms with van der Waals surface area (Å²) in [6, 6.07) is 10.2. The maximum atomic E-state index is 12.8. The molecule has 0 aromatic heterocycles. The van der Waals surface area contributed by atoms with Crippen molar-refractivity contribution in [1.82, 2.24) is 4.31 Å². The van der Waals surface area contributed by atoms with Crippen LogP contribution >= 0.6 is 11.6 Å². The first-order valence-corrected chi connectivity index (χ1v) is 11.4. The molecular formula is C21H25ClN2O4S. The molecule has 3 rings (SSSR count). The minimum atomic E-state index is -3.52. The molecule has 0 radical (unpaired) electrons. The van der Waals surface area contributed by atoms with E-state index in [-0.39, 0.29) is 17.2 Å². The van der Waals surface area contributed by atoms with Crippen molar-refractivity contribution in [3.63, 3.8) is 0 Å². The molecule has 8 heteroatoms. The number of benzene rings is 2. The lowest BCUT2D eigenvalue weighted by Crippen LogP contribution is -2.28. The summed E-state index contributed by atoms with van der Waals surface area (Å²) in [6.45, 7) is 2.99. The standard InChI is InChI=1S/C21H25ClN2O4S/c1-15-5-7-17(14-19(15)22)23-21(25)10-6-16-13-18(8-9-20(16)28-2)29(26,27)24-11-3-4-12-24/h5,7-9,13-14H,3-4,6,10-12H2,1-2H3,(H,23,25). The zero-order valence-corrected chi connectivity index (χ0v) is 18.1. The number of nitrogens with one attached hydrogen (secondary N) is 1. The predicted octanol–water partition coefficient (Wildman–Crippen LogP) is 4.01. The van der Waals surface area contributed by atoms with Gasteiger partial charge in [-0.1, -0.05) is 17.7 Å². The first-order chi connectivity index (χ1) is 13.8. The van der Waals surface area contributed by atoms with Crippen molar-refractivity contribution in [1.29, 1.82) is 0 Å². The highest BCUT2D eigenvalue weighted by Crippen LogP contribution is 2.27. The van der Waals surface area contributed by atoms with Gasteiger partial charge in [0.1, 0.15) is 5.75 Å². The Bertz CT molecular complexity index is 1000. The molecular weight excluding hydrogens is 412 g/mol. The number of aryl methyl sites for hydroxylation is 2. The van der Waals surface area contributed by atoms with Crippen LogP contribution in [-0.2, 0) is 21.2 Å². The Balaban J connectivity index is 1.72. The van der Waals surface area contributed by atoms with Crippen LogP contribution in [-0.4, -0.2) is 38.8 Å². The SMILES string of the molecule is COc1ccc(S(=O)(=O)N2CCCC2)cc1CCC(=O)Nc1ccc(C)c(Cl)c1. The van der Waals surface area contributed by atoms with Gasteiger partial charge in [-0.15, -0.1) is 0 Å². The van der Waals surface area contributed by atoms with Crippen LogP contribution in [0.2, 0.25) is 5.02 Å². The summed E-state index contributed by atoms with van der Waals surface area (Å²) >= 11 is 6.10. The summed E-state index contributed by atoms with van der Waals surface area (Å²) in [5.74, 6) is 0.385. The number of carbonyl (C=O) groups excluding carboxylic acids is 1. The summed E-state index contributed by atoms with van der Waals surface area (Å²) in [5, 5.41) is 3.40. The highest BCUT2D eigenvalue weighted by molar-refractivity contribution is 7.89. The van der Waals surface area contributed by atoms with E-state index in [1.807, 2.05) is 13.0 Å². The Hall–Kier alpha value is -2.09. The van der Waals surface area contributed by atoms with Crippen LogP contribution < -0.4 is 10.1 Å². The molecule has 1 aliphatic rings. The quantitative estimate of drug-likeness (QED) is 0.711. The van der Waals surface area contributed by atoms with Gasteiger partial charge in [-0.3, -0.25) is 4.79 Å². The molecule has 1 heterocycles. The van der Waals surface area contributed by atoms with Crippen LogP contribution in [0.25, 0.3) is 0 Å². The predicted molar refractivity (Wildman–Crippen MR) is 114 cm³/mol. The Morgan fingerprint density at radius 2 is 1.90 bits per heavy atom. The molecule has 2 aromatic rings. The van der Waals surface area contributed by atoms with E-state index in [0.717, 1.165) is 18.4 Å². The van der Waals surface area contributed by atoms with E-state index in [9.17, 15) is 13.2 Å². The number of halogens is 1. The van der Waals surface area contributed by atoms with E-state index in [2.05, 4.69) is 5.32 Å². The second kappa shape index (κ2) is 9.15. The second-order valence-electron chi connectivity index (χ2n) is 7.10. The van der Waals surface area contributed by atoms with Crippen molar-refractivity contribution in [2.24, 2.45) is 0 Å². The number of hydrogen-bond acceptors (Lipinski definition) is 4. The Morgan fingerprint density at radius 3 is 2.55 bits per heavy atom. The van der Waals surface area contributed by atoms with Gasteiger partial charge in [-0.05, 0) is 67.6 Å². The van der Waals surface area contributed by atoms with Crippen LogP contribution in [0.5, 0.6) is 5.75 Å². The number of nitrogens with zero attached hydrogens (tertiary/aromatic N) is 1. The van der Waals surface area contributed by atoms with Gasteiger partial charge in [0, 0.05) is 30.2 Å². The topological polar surface area (TPSA) is 75.7 Å². The number of methoxy groups -OCH3 is 1. The summed E-state index contributed by atoms with van der Waals surface area (Å²) in [5.41, 5.74) is 2.25. The summed E-state index contributed by atoms with van der Waals surface area (Å²) in [6.07, 6.45) is 2.31. The Kier molecular flexibility index (Phi) is 6.82. The molecule has 1 saturated heterocycles. The van der Waals surface area contributed by atoms with Crippen molar-refractivity contribution in [2.45, 2.75) is 37.5 Å². The van der Waals surface area contributed by atoms with E-state index in [0.29, 0.717) is 41.5 Å². The molecule has 1 fully saturated rings. The molecule has 0 aliphatic carbocycles. The fraction of sp³-hybridized carbons (Fsp3) is 0.381. The largest absolute Gasteiger partial charge is 0.496 e. The molecule has 0 saturated carbocycles. The molecule has 156 valence electrons. The number of ether oxygens (including phenoxy) is 1. The van der Waals surface area contributed by atoms with Gasteiger partial charge in [0.15, 0.2) is 0 Å². The Morgan fingerprint density at radius 1 is 1.17 bits per heavy atom. The number of hydrogen-bond donors (Lipinski definition) is 1. The van der Waals surface area contributed by atoms with E-state index < -0.39 is 10.0 Å². The summed E-state index contributed by atoms with van der Waals surface area (Å²) < 4.78 is 32.5. The van der Waals surface area contributed by atoms with Crippen molar-refractivity contribution >= 4 is 33.2 Å². The third kappa shape index (κ3) is 5.10. The molecule has 1 amide bonds. The zero-order chi connectivity index (χ0) is 21.0. The van der Waals surface area contributed by atoms with E-state index in [4.69, 9.17) is 16.3 Å². The lowest BCUT2D eigenvalue weighted by atomic mass is 10.1. The third-order valence-corrected chi connectivity index (χ3v) is 7.33. The van der Waals surface area contributed by atoms with Gasteiger partial charge >= 0.3 is 0 Å². The monoisotopic (exact) mass is 436 g/mol. The van der Waals surface area contributed by atoms with Gasteiger partial charge in [-0.25, -0.2) is 8.42 Å². The Labute approximate surface area is 176 Å². The van der Waals surface area contributed by atoms with Gasteiger partial charge in [0.25, 0.3) is 0 Å². The average molecular weight is 437 g/mol. The van der Waals surface area contributed by atoms with Crippen LogP contribution in [0.3, 0.4) is 0 Å². The summed E-state index contributed by atoms with van der Waals surface area (Å²) in [4.78, 5) is 12.6. The molecule has 0 atom stereocenters. The fourth-order valence-corrected chi connectivity index (χ4v) is 5.08. The van der Waals surface area contributed by atoms with Gasteiger partial charge in [0.05, 0.1) is 12.0 Å². The number of sulfonamides is 1. The van der Waals surface area contributed by atoms with Gasteiger partial charge < -0.3 is 10.1 Å². The molecule has 1 N–H and O–H groups in total. The van der Waals surface area contributed by atoms with Crippen LogP contribution in [0.4, 0.5) is 5.69 Å². The zero-order valence-electron chi connectivity index (χ0n) is 16.6. The van der Waals surface area contributed by atoms with Crippen molar-refractivity contribution in [3.05, 3.63) is 52.5 Å². The molecule has 0 bridgehead atoms. The van der Waals surface area contributed by atoms with Crippen molar-refractivity contribution < 1.29 is 17.9 Å². The molecule has 29 heavy (non-hydrogen) atoms. The number of amides is 1. The second-order valence-corrected chi connectivity index (χ2v) is 9.44. The highest BCUT2D eigenvalue weighted by atomic mass is 35.5. The highest BCUT2D eigenvalue weighted by Gasteiger charge is 2.27. The molecule has 6 nitrogen and oxygen atoms in total. The normalized spacial score (nSPS) is 14.7. The molecule has 0 unspecified atom stereocenters. The smallest absolute Gasteiger partial charge is 0.243 e. The minimum absolute atomic E-state index is 0.181. The van der Waals surface area contributed by atoms with E-state index >= 15 is 0 Å². The van der Waals surface area contributed by atoms with Crippen LogP contribution in [0.1, 0.15) is 30.4 Å². The van der Waals surface area contributed by atoms with E-state index in [1.54, 1.807) is 30.3 Å². The molecule has 2 aromatic carbocycles. The van der Waals surface area contributed by atoms with Crippen LogP contribution in [0, 0.1) is 6.92 Å². The maximum Gasteiger partial charge on any atom is 0.243 e. The lowest BCUT2D eigenvalue weighted by Gasteiger charge is -2.17. The third-order valence-electron chi connectivity index (χ3n) is 5.03. The van der Waals surface area contributed by atoms with Crippen molar-refractivity contribution in [3.8, 4) is 5.75 Å². The fourth-order valence-electron chi connectivity index (χ4n) is 3.33. The van der Waals surface area contributed by atoms with Gasteiger partial charge in [-0.2, -0.15) is 4.31 Å². The van der Waals surface area contributed by atoms with Gasteiger partial charge in [0.2, 0.25) is 15.9 Å².